The van der Waals surface area contributed by atoms with Crippen LogP contribution in [0, 0.1) is 0 Å². The van der Waals surface area contributed by atoms with Crippen LogP contribution in [0.25, 0.3) is 0 Å². The van der Waals surface area contributed by atoms with Gasteiger partial charge in [-0.25, -0.2) is 4.79 Å². The first-order valence-corrected chi connectivity index (χ1v) is 4.87. The minimum absolute atomic E-state index is 0.0375. The highest BCUT2D eigenvalue weighted by Gasteiger charge is 2.05. The van der Waals surface area contributed by atoms with E-state index in [1.807, 2.05) is 13.8 Å². The highest BCUT2D eigenvalue weighted by atomic mass is 16.5. The molecule has 0 atom stereocenters. The van der Waals surface area contributed by atoms with Crippen LogP contribution < -0.4 is 10.6 Å². The van der Waals surface area contributed by atoms with Crippen molar-refractivity contribution >= 4 is 12.0 Å². The summed E-state index contributed by atoms with van der Waals surface area (Å²) in [6, 6.07) is 0.0840. The van der Waals surface area contributed by atoms with E-state index in [0.717, 1.165) is 0 Å². The van der Waals surface area contributed by atoms with E-state index in [4.69, 9.17) is 5.11 Å². The van der Waals surface area contributed by atoms with Crippen molar-refractivity contribution in [3.63, 3.8) is 0 Å². The second-order valence-electron chi connectivity index (χ2n) is 3.26. The van der Waals surface area contributed by atoms with Gasteiger partial charge in [0.1, 0.15) is 6.61 Å². The molecule has 0 aromatic rings. The Kier molecular flexibility index (Phi) is 7.35. The number of amides is 2. The van der Waals surface area contributed by atoms with E-state index in [2.05, 4.69) is 15.4 Å². The maximum absolute atomic E-state index is 11.1. The molecule has 0 aliphatic heterocycles. The lowest BCUT2D eigenvalue weighted by molar-refractivity contribution is -0.122. The maximum Gasteiger partial charge on any atom is 0.407 e. The van der Waals surface area contributed by atoms with E-state index >= 15 is 0 Å². The predicted octanol–water partition coefficient (Wildman–Crippen LogP) is -0.380. The molecule has 0 rings (SSSR count). The molecular weight excluding hydrogens is 200 g/mol. The number of alkyl carbamates (subject to hydrolysis) is 1. The second kappa shape index (κ2) is 8.05. The number of hydrogen-bond donors (Lipinski definition) is 3. The lowest BCUT2D eigenvalue weighted by Gasteiger charge is -2.08. The minimum Gasteiger partial charge on any atom is -0.449 e. The third-order valence-electron chi connectivity index (χ3n) is 1.39. The van der Waals surface area contributed by atoms with Gasteiger partial charge in [-0.15, -0.1) is 0 Å². The first-order valence-electron chi connectivity index (χ1n) is 4.87. The molecule has 0 radical (unpaired) electrons. The molecule has 6 nitrogen and oxygen atoms in total. The number of aliphatic hydroxyl groups excluding tert-OH is 1. The van der Waals surface area contributed by atoms with Crippen molar-refractivity contribution in [3.8, 4) is 0 Å². The van der Waals surface area contributed by atoms with Gasteiger partial charge in [-0.3, -0.25) is 4.79 Å². The van der Waals surface area contributed by atoms with E-state index in [1.165, 1.54) is 0 Å². The molecule has 0 saturated heterocycles. The maximum atomic E-state index is 11.1. The molecule has 0 bridgehead atoms. The average molecular weight is 218 g/mol. The summed E-state index contributed by atoms with van der Waals surface area (Å²) in [5.41, 5.74) is 0. The monoisotopic (exact) mass is 218 g/mol. The Bertz CT molecular complexity index is 206. The van der Waals surface area contributed by atoms with Crippen LogP contribution in [0.4, 0.5) is 4.79 Å². The summed E-state index contributed by atoms with van der Waals surface area (Å²) < 4.78 is 4.67. The van der Waals surface area contributed by atoms with E-state index in [9.17, 15) is 9.59 Å². The van der Waals surface area contributed by atoms with Crippen LogP contribution in [-0.2, 0) is 9.53 Å². The number of ether oxygens (including phenoxy) is 1. The molecule has 88 valence electrons. The number of carbonyl (C=O) groups excluding carboxylic acids is 2. The van der Waals surface area contributed by atoms with Gasteiger partial charge < -0.3 is 20.5 Å². The molecule has 0 unspecified atom stereocenters. The molecule has 3 N–H and O–H groups in total. The summed E-state index contributed by atoms with van der Waals surface area (Å²) in [6.07, 6.45) is -0.480. The van der Waals surface area contributed by atoms with Crippen LogP contribution in [-0.4, -0.2) is 42.9 Å². The van der Waals surface area contributed by atoms with Crippen LogP contribution in [0.15, 0.2) is 0 Å². The molecular formula is C9H18N2O4. The Hall–Kier alpha value is -1.30. The fourth-order valence-electron chi connectivity index (χ4n) is 0.840. The topological polar surface area (TPSA) is 87.7 Å². The standard InChI is InChI=1S/C9H18N2O4/c1-7(2)11-8(13)3-6-15-9(14)10-4-5-12/h7,12H,3-6H2,1-2H3,(H,10,14)(H,11,13). The van der Waals surface area contributed by atoms with E-state index in [-0.39, 0.29) is 38.1 Å². The van der Waals surface area contributed by atoms with E-state index in [1.54, 1.807) is 0 Å². The Morgan fingerprint density at radius 1 is 1.40 bits per heavy atom. The highest BCUT2D eigenvalue weighted by Crippen LogP contribution is 1.86. The molecule has 6 heteroatoms. The quantitative estimate of drug-likeness (QED) is 0.567. The van der Waals surface area contributed by atoms with Gasteiger partial charge in [0.25, 0.3) is 0 Å². The zero-order chi connectivity index (χ0) is 11.7. The van der Waals surface area contributed by atoms with Crippen molar-refractivity contribution in [1.82, 2.24) is 10.6 Å². The van der Waals surface area contributed by atoms with Gasteiger partial charge in [0.15, 0.2) is 0 Å². The summed E-state index contributed by atoms with van der Waals surface area (Å²) >= 11 is 0. The van der Waals surface area contributed by atoms with Crippen molar-refractivity contribution in [1.29, 1.82) is 0 Å². The molecule has 0 spiro atoms. The molecule has 0 aromatic heterocycles. The van der Waals surface area contributed by atoms with Crippen molar-refractivity contribution in [2.75, 3.05) is 19.8 Å². The van der Waals surface area contributed by atoms with Gasteiger partial charge in [0.05, 0.1) is 13.0 Å². The SMILES string of the molecule is CC(C)NC(=O)CCOC(=O)NCCO. The van der Waals surface area contributed by atoms with Gasteiger partial charge in [0, 0.05) is 12.6 Å². The largest absolute Gasteiger partial charge is 0.449 e. The predicted molar refractivity (Wildman–Crippen MR) is 54.3 cm³/mol. The van der Waals surface area contributed by atoms with Crippen molar-refractivity contribution in [2.45, 2.75) is 26.3 Å². The number of aliphatic hydroxyl groups is 1. The van der Waals surface area contributed by atoms with Crippen LogP contribution in [0.1, 0.15) is 20.3 Å². The molecule has 0 aliphatic rings. The molecule has 2 amide bonds. The van der Waals surface area contributed by atoms with Gasteiger partial charge in [0.2, 0.25) is 5.91 Å². The van der Waals surface area contributed by atoms with Crippen LogP contribution in [0.5, 0.6) is 0 Å². The van der Waals surface area contributed by atoms with Crippen molar-refractivity contribution in [2.24, 2.45) is 0 Å². The fourth-order valence-corrected chi connectivity index (χ4v) is 0.840. The third-order valence-corrected chi connectivity index (χ3v) is 1.39. The summed E-state index contributed by atoms with van der Waals surface area (Å²) in [6.45, 7) is 3.76. The minimum atomic E-state index is -0.624. The van der Waals surface area contributed by atoms with Gasteiger partial charge in [-0.05, 0) is 13.8 Å². The summed E-state index contributed by atoms with van der Waals surface area (Å²) in [7, 11) is 0. The first kappa shape index (κ1) is 13.7. The summed E-state index contributed by atoms with van der Waals surface area (Å²) in [5, 5.41) is 13.4. The molecule has 0 aliphatic carbocycles. The van der Waals surface area contributed by atoms with Crippen molar-refractivity contribution in [3.05, 3.63) is 0 Å². The third kappa shape index (κ3) is 9.01. The number of carbonyl (C=O) groups is 2. The lowest BCUT2D eigenvalue weighted by atomic mass is 10.3. The summed E-state index contributed by atoms with van der Waals surface area (Å²) in [4.78, 5) is 21.9. The van der Waals surface area contributed by atoms with Crippen LogP contribution >= 0.6 is 0 Å². The molecule has 0 fully saturated rings. The van der Waals surface area contributed by atoms with E-state index in [0.29, 0.717) is 0 Å². The Balaban J connectivity index is 3.44. The van der Waals surface area contributed by atoms with Gasteiger partial charge in [-0.2, -0.15) is 0 Å². The van der Waals surface area contributed by atoms with Crippen molar-refractivity contribution < 1.29 is 19.4 Å². The Morgan fingerprint density at radius 2 is 2.07 bits per heavy atom. The number of rotatable bonds is 6. The van der Waals surface area contributed by atoms with Gasteiger partial charge in [-0.1, -0.05) is 0 Å². The lowest BCUT2D eigenvalue weighted by Crippen LogP contribution is -2.32. The smallest absolute Gasteiger partial charge is 0.407 e. The number of hydrogen-bond acceptors (Lipinski definition) is 4. The average Bonchev–Trinajstić information content (AvgIpc) is 2.13. The normalized spacial score (nSPS) is 9.87. The molecule has 0 heterocycles. The zero-order valence-corrected chi connectivity index (χ0v) is 9.08. The van der Waals surface area contributed by atoms with E-state index < -0.39 is 6.09 Å². The second-order valence-corrected chi connectivity index (χ2v) is 3.26. The zero-order valence-electron chi connectivity index (χ0n) is 9.08. The highest BCUT2D eigenvalue weighted by molar-refractivity contribution is 5.76. The molecule has 15 heavy (non-hydrogen) atoms. The molecule has 0 aromatic carbocycles. The van der Waals surface area contributed by atoms with Gasteiger partial charge >= 0.3 is 6.09 Å². The Morgan fingerprint density at radius 3 is 2.60 bits per heavy atom. The summed E-state index contributed by atoms with van der Waals surface area (Å²) in [5.74, 6) is -0.153. The van der Waals surface area contributed by atoms with Crippen LogP contribution in [0.3, 0.4) is 0 Å². The molecule has 0 saturated carbocycles. The fraction of sp³-hybridized carbons (Fsp3) is 0.778. The first-order chi connectivity index (χ1) is 7.06. The Labute approximate surface area is 89.0 Å². The number of nitrogens with one attached hydrogen (secondary N) is 2. The van der Waals surface area contributed by atoms with Crippen LogP contribution in [0.2, 0.25) is 0 Å².